The second-order valence-electron chi connectivity index (χ2n) is 9.37. The molecule has 0 aliphatic carbocycles. The van der Waals surface area contributed by atoms with Gasteiger partial charge in [-0.15, -0.1) is 0 Å². The molecule has 0 bridgehead atoms. The van der Waals surface area contributed by atoms with Crippen LogP contribution in [0.15, 0.2) is 0 Å². The molecule has 0 amide bonds. The molecule has 0 spiro atoms. The van der Waals surface area contributed by atoms with E-state index in [1.54, 1.807) is 0 Å². The van der Waals surface area contributed by atoms with Crippen molar-refractivity contribution in [3.8, 4) is 0 Å². The van der Waals surface area contributed by atoms with Gasteiger partial charge in [0.25, 0.3) is 0 Å². The van der Waals surface area contributed by atoms with E-state index in [1.165, 1.54) is 25.7 Å². The van der Waals surface area contributed by atoms with E-state index in [4.69, 9.17) is 52.5 Å². The largest absolute Gasteiger partial charge is 0.394 e. The molecule has 11 heteroatoms. The van der Waals surface area contributed by atoms with Gasteiger partial charge in [-0.1, -0.05) is 46.0 Å². The molecule has 1 atom stereocenters. The predicted molar refractivity (Wildman–Crippen MR) is 158 cm³/mol. The van der Waals surface area contributed by atoms with Crippen molar-refractivity contribution in [3.63, 3.8) is 0 Å². The number of aliphatic hydroxyl groups excluding tert-OH is 1. The van der Waals surface area contributed by atoms with Crippen LogP contribution in [0.5, 0.6) is 0 Å². The summed E-state index contributed by atoms with van der Waals surface area (Å²) in [5, 5.41) is 8.57. The Morgan fingerprint density at radius 3 is 1.02 bits per heavy atom. The van der Waals surface area contributed by atoms with Crippen LogP contribution in [0.4, 0.5) is 0 Å². The molecule has 0 heterocycles. The average molecular weight is 599 g/mol. The highest BCUT2D eigenvalue weighted by Crippen LogP contribution is 2.12. The van der Waals surface area contributed by atoms with Gasteiger partial charge >= 0.3 is 0 Å². The zero-order valence-corrected chi connectivity index (χ0v) is 26.2. The van der Waals surface area contributed by atoms with E-state index in [1.807, 2.05) is 0 Å². The highest BCUT2D eigenvalue weighted by molar-refractivity contribution is 4.58. The number of ether oxygens (including phenoxy) is 10. The van der Waals surface area contributed by atoms with Crippen LogP contribution in [0.3, 0.4) is 0 Å². The summed E-state index contributed by atoms with van der Waals surface area (Å²) in [6.45, 7) is 14.4. The molecule has 11 nitrogen and oxygen atoms in total. The third-order valence-corrected chi connectivity index (χ3v) is 5.78. The third-order valence-electron chi connectivity index (χ3n) is 5.78. The van der Waals surface area contributed by atoms with Gasteiger partial charge in [0.1, 0.15) is 0 Å². The molecule has 1 unspecified atom stereocenters. The summed E-state index contributed by atoms with van der Waals surface area (Å²) in [7, 11) is 0. The number of rotatable bonds is 37. The van der Waals surface area contributed by atoms with Crippen molar-refractivity contribution >= 4 is 0 Å². The van der Waals surface area contributed by atoms with Gasteiger partial charge in [-0.05, 0) is 12.8 Å². The first-order chi connectivity index (χ1) is 20.3. The van der Waals surface area contributed by atoms with Crippen LogP contribution in [0.25, 0.3) is 0 Å². The number of aliphatic hydroxyl groups is 1. The standard InChI is InChI=1S/C30H62O11/c1-3-5-6-7-9-30(8-4-2)41-29-28-40-27-26-39-25-24-38-23-22-37-21-20-36-19-18-35-17-16-34-15-14-33-13-12-32-11-10-31/h30-31H,3-29H2,1-2H3. The topological polar surface area (TPSA) is 113 Å². The van der Waals surface area contributed by atoms with E-state index in [-0.39, 0.29) is 6.61 Å². The number of unbranched alkanes of at least 4 members (excludes halogenated alkanes) is 3. The molecule has 0 aliphatic heterocycles. The van der Waals surface area contributed by atoms with Crippen LogP contribution in [-0.4, -0.2) is 143 Å². The van der Waals surface area contributed by atoms with Crippen LogP contribution in [0, 0.1) is 0 Å². The monoisotopic (exact) mass is 598 g/mol. The lowest BCUT2D eigenvalue weighted by Gasteiger charge is -2.17. The summed E-state index contributed by atoms with van der Waals surface area (Å²) in [6, 6.07) is 0. The maximum atomic E-state index is 8.57. The Bertz CT molecular complexity index is 460. The number of hydrogen-bond donors (Lipinski definition) is 1. The summed E-state index contributed by atoms with van der Waals surface area (Å²) in [5.41, 5.74) is 0. The van der Waals surface area contributed by atoms with E-state index in [0.29, 0.717) is 132 Å². The molecule has 0 fully saturated rings. The first-order valence-electron chi connectivity index (χ1n) is 15.8. The fraction of sp³-hybridized carbons (Fsp3) is 1.00. The van der Waals surface area contributed by atoms with Crippen LogP contribution < -0.4 is 0 Å². The Morgan fingerprint density at radius 2 is 0.707 bits per heavy atom. The minimum atomic E-state index is 0.0300. The van der Waals surface area contributed by atoms with Crippen molar-refractivity contribution < 1.29 is 52.5 Å². The summed E-state index contributed by atoms with van der Waals surface area (Å²) < 4.78 is 54.9. The maximum absolute atomic E-state index is 8.57. The van der Waals surface area contributed by atoms with Crippen LogP contribution in [0.2, 0.25) is 0 Å². The fourth-order valence-corrected chi connectivity index (χ4v) is 3.63. The molecule has 1 N–H and O–H groups in total. The van der Waals surface area contributed by atoms with E-state index in [9.17, 15) is 0 Å². The first-order valence-corrected chi connectivity index (χ1v) is 15.8. The van der Waals surface area contributed by atoms with Gasteiger partial charge in [-0.3, -0.25) is 0 Å². The quantitative estimate of drug-likeness (QED) is 0.106. The van der Waals surface area contributed by atoms with E-state index in [2.05, 4.69) is 13.8 Å². The lowest BCUT2D eigenvalue weighted by Crippen LogP contribution is -2.17. The molecule has 41 heavy (non-hydrogen) atoms. The molecule has 0 aromatic heterocycles. The minimum absolute atomic E-state index is 0.0300. The van der Waals surface area contributed by atoms with E-state index in [0.717, 1.165) is 19.3 Å². The molecule has 0 saturated carbocycles. The van der Waals surface area contributed by atoms with Crippen molar-refractivity contribution in [2.75, 3.05) is 132 Å². The zero-order chi connectivity index (χ0) is 29.7. The highest BCUT2D eigenvalue weighted by atomic mass is 16.6. The lowest BCUT2D eigenvalue weighted by atomic mass is 10.1. The second kappa shape index (κ2) is 37.6. The van der Waals surface area contributed by atoms with Gasteiger partial charge in [-0.2, -0.15) is 0 Å². The van der Waals surface area contributed by atoms with Gasteiger partial charge in [0.2, 0.25) is 0 Å². The van der Waals surface area contributed by atoms with Gasteiger partial charge in [0.05, 0.1) is 138 Å². The van der Waals surface area contributed by atoms with Gasteiger partial charge in [-0.25, -0.2) is 0 Å². The van der Waals surface area contributed by atoms with Crippen molar-refractivity contribution in [1.82, 2.24) is 0 Å². The first kappa shape index (κ1) is 40.6. The van der Waals surface area contributed by atoms with E-state index >= 15 is 0 Å². The molecule has 0 rings (SSSR count). The number of hydrogen-bond acceptors (Lipinski definition) is 11. The van der Waals surface area contributed by atoms with Gasteiger partial charge < -0.3 is 52.5 Å². The van der Waals surface area contributed by atoms with E-state index < -0.39 is 0 Å². The third kappa shape index (κ3) is 35.7. The summed E-state index contributed by atoms with van der Waals surface area (Å²) in [4.78, 5) is 0. The normalized spacial score (nSPS) is 12.4. The molecule has 0 radical (unpaired) electrons. The fourth-order valence-electron chi connectivity index (χ4n) is 3.63. The lowest BCUT2D eigenvalue weighted by molar-refractivity contribution is -0.0313. The highest BCUT2D eigenvalue weighted by Gasteiger charge is 2.07. The molecule has 0 saturated heterocycles. The summed E-state index contributed by atoms with van der Waals surface area (Å²) >= 11 is 0. The Morgan fingerprint density at radius 1 is 0.366 bits per heavy atom. The SMILES string of the molecule is CCCCCCC(CCC)OCCOCCOCCOCCOCCOCCOCCOCCOCCOCCO. The van der Waals surface area contributed by atoms with Crippen molar-refractivity contribution in [3.05, 3.63) is 0 Å². The molecule has 0 aliphatic rings. The zero-order valence-electron chi connectivity index (χ0n) is 26.2. The Labute approximate surface area is 249 Å². The Hall–Kier alpha value is -0.440. The van der Waals surface area contributed by atoms with Crippen molar-refractivity contribution in [2.24, 2.45) is 0 Å². The van der Waals surface area contributed by atoms with Crippen LogP contribution in [0.1, 0.15) is 58.8 Å². The molecular weight excluding hydrogens is 536 g/mol. The molecular formula is C30H62O11. The van der Waals surface area contributed by atoms with Crippen molar-refractivity contribution in [1.29, 1.82) is 0 Å². The molecule has 248 valence electrons. The second-order valence-corrected chi connectivity index (χ2v) is 9.37. The van der Waals surface area contributed by atoms with Crippen molar-refractivity contribution in [2.45, 2.75) is 64.9 Å². The smallest absolute Gasteiger partial charge is 0.0704 e. The van der Waals surface area contributed by atoms with Crippen LogP contribution >= 0.6 is 0 Å². The molecule has 0 aromatic rings. The minimum Gasteiger partial charge on any atom is -0.394 e. The summed E-state index contributed by atoms with van der Waals surface area (Å²) in [5.74, 6) is 0. The van der Waals surface area contributed by atoms with Gasteiger partial charge in [0.15, 0.2) is 0 Å². The molecule has 0 aromatic carbocycles. The van der Waals surface area contributed by atoms with Gasteiger partial charge in [0, 0.05) is 0 Å². The Balaban J connectivity index is 3.16. The predicted octanol–water partition coefficient (Wildman–Crippen LogP) is 3.28. The van der Waals surface area contributed by atoms with Crippen LogP contribution in [-0.2, 0) is 47.4 Å². The Kier molecular flexibility index (Phi) is 37.2. The average Bonchev–Trinajstić information content (AvgIpc) is 2.98. The summed E-state index contributed by atoms with van der Waals surface area (Å²) in [6.07, 6.45) is 8.97. The maximum Gasteiger partial charge on any atom is 0.0704 e.